The molecule has 16 heavy (non-hydrogen) atoms. The second-order valence-corrected chi connectivity index (χ2v) is 4.68. The topological polar surface area (TPSA) is 26.3 Å². The summed E-state index contributed by atoms with van der Waals surface area (Å²) in [5.74, 6) is 0.0578. The third kappa shape index (κ3) is 6.86. The van der Waals surface area contributed by atoms with Gasteiger partial charge in [-0.15, -0.1) is 0 Å². The number of carbonyl (C=O) groups excluding carboxylic acids is 1. The molecule has 0 aromatic heterocycles. The number of esters is 1. The molecular weight excluding hydrogens is 200 g/mol. The van der Waals surface area contributed by atoms with Gasteiger partial charge in [0.05, 0.1) is 5.92 Å². The number of ether oxygens (including phenoxy) is 1. The maximum Gasteiger partial charge on any atom is 0.308 e. The van der Waals surface area contributed by atoms with Crippen LogP contribution in [0, 0.1) is 5.92 Å². The van der Waals surface area contributed by atoms with Gasteiger partial charge in [0.2, 0.25) is 0 Å². The Morgan fingerprint density at radius 2 is 1.62 bits per heavy atom. The summed E-state index contributed by atoms with van der Waals surface area (Å²) in [6, 6.07) is 0. The summed E-state index contributed by atoms with van der Waals surface area (Å²) in [6.45, 7) is 8.38. The van der Waals surface area contributed by atoms with Crippen LogP contribution < -0.4 is 0 Å². The van der Waals surface area contributed by atoms with E-state index in [2.05, 4.69) is 20.8 Å². The number of carbonyl (C=O) groups is 1. The van der Waals surface area contributed by atoms with Crippen LogP contribution in [-0.2, 0) is 9.53 Å². The Balaban J connectivity index is 4.00. The molecule has 0 aliphatic heterocycles. The second kappa shape index (κ2) is 9.68. The van der Waals surface area contributed by atoms with Gasteiger partial charge in [-0.05, 0) is 19.3 Å². The van der Waals surface area contributed by atoms with Gasteiger partial charge in [-0.3, -0.25) is 4.79 Å². The quantitative estimate of drug-likeness (QED) is 0.549. The Morgan fingerprint density at radius 1 is 1.00 bits per heavy atom. The molecule has 2 heteroatoms. The van der Waals surface area contributed by atoms with Crippen LogP contribution in [0.4, 0.5) is 0 Å². The second-order valence-electron chi connectivity index (χ2n) is 4.68. The van der Waals surface area contributed by atoms with Crippen molar-refractivity contribution in [3.63, 3.8) is 0 Å². The molecule has 96 valence electrons. The van der Waals surface area contributed by atoms with Gasteiger partial charge in [-0.1, -0.05) is 53.4 Å². The molecule has 2 unspecified atom stereocenters. The highest BCUT2D eigenvalue weighted by Gasteiger charge is 2.18. The van der Waals surface area contributed by atoms with Crippen molar-refractivity contribution in [3.8, 4) is 0 Å². The van der Waals surface area contributed by atoms with Crippen LogP contribution in [-0.4, -0.2) is 12.1 Å². The Kier molecular flexibility index (Phi) is 9.36. The van der Waals surface area contributed by atoms with Gasteiger partial charge in [-0.2, -0.15) is 0 Å². The molecular formula is C14H28O2. The number of hydrogen-bond donors (Lipinski definition) is 0. The summed E-state index contributed by atoms with van der Waals surface area (Å²) < 4.78 is 5.57. The maximum absolute atomic E-state index is 11.8. The predicted octanol–water partition coefficient (Wildman–Crippen LogP) is 4.32. The van der Waals surface area contributed by atoms with E-state index in [-0.39, 0.29) is 18.0 Å². The van der Waals surface area contributed by atoms with Gasteiger partial charge < -0.3 is 4.74 Å². The Labute approximate surface area is 101 Å². The summed E-state index contributed by atoms with van der Waals surface area (Å²) in [6.07, 6.45) is 7.57. The number of hydrogen-bond acceptors (Lipinski definition) is 2. The fourth-order valence-electron chi connectivity index (χ4n) is 1.85. The Hall–Kier alpha value is -0.530. The van der Waals surface area contributed by atoms with E-state index in [0.29, 0.717) is 0 Å². The molecule has 0 amide bonds. The number of unbranched alkanes of at least 4 members (excludes halogenated alkanes) is 1. The first-order chi connectivity index (χ1) is 7.65. The summed E-state index contributed by atoms with van der Waals surface area (Å²) in [5, 5.41) is 0. The minimum absolute atomic E-state index is 0.00333. The zero-order valence-electron chi connectivity index (χ0n) is 11.4. The molecule has 2 atom stereocenters. The van der Waals surface area contributed by atoms with E-state index >= 15 is 0 Å². The van der Waals surface area contributed by atoms with E-state index in [4.69, 9.17) is 4.74 Å². The minimum Gasteiger partial charge on any atom is -0.462 e. The van der Waals surface area contributed by atoms with E-state index in [9.17, 15) is 4.79 Å². The molecule has 2 nitrogen and oxygen atoms in total. The molecule has 0 aromatic rings. The molecule has 0 bridgehead atoms. The first kappa shape index (κ1) is 15.5. The van der Waals surface area contributed by atoms with Gasteiger partial charge in [-0.25, -0.2) is 0 Å². The first-order valence-corrected chi connectivity index (χ1v) is 6.86. The van der Waals surface area contributed by atoms with Gasteiger partial charge >= 0.3 is 5.97 Å². The van der Waals surface area contributed by atoms with Gasteiger partial charge in [0, 0.05) is 0 Å². The van der Waals surface area contributed by atoms with Gasteiger partial charge in [0.15, 0.2) is 0 Å². The average molecular weight is 228 g/mol. The zero-order chi connectivity index (χ0) is 12.4. The lowest BCUT2D eigenvalue weighted by molar-refractivity contribution is -0.154. The van der Waals surface area contributed by atoms with Crippen LogP contribution in [0.5, 0.6) is 0 Å². The lowest BCUT2D eigenvalue weighted by Gasteiger charge is -2.19. The molecule has 0 saturated carbocycles. The molecule has 0 rings (SSSR count). The fourth-order valence-corrected chi connectivity index (χ4v) is 1.85. The minimum atomic E-state index is -0.00333. The third-order valence-corrected chi connectivity index (χ3v) is 2.90. The molecule has 0 heterocycles. The van der Waals surface area contributed by atoms with E-state index in [1.807, 2.05) is 6.92 Å². The molecule has 0 aromatic carbocycles. The predicted molar refractivity (Wildman–Crippen MR) is 68.4 cm³/mol. The van der Waals surface area contributed by atoms with Crippen molar-refractivity contribution >= 4 is 5.97 Å². The largest absolute Gasteiger partial charge is 0.462 e. The summed E-state index contributed by atoms with van der Waals surface area (Å²) in [7, 11) is 0. The van der Waals surface area contributed by atoms with Crippen LogP contribution in [0.25, 0.3) is 0 Å². The van der Waals surface area contributed by atoms with Crippen molar-refractivity contribution in [2.45, 2.75) is 78.7 Å². The highest BCUT2D eigenvalue weighted by atomic mass is 16.5. The maximum atomic E-state index is 11.8. The molecule has 0 aliphatic carbocycles. The highest BCUT2D eigenvalue weighted by Crippen LogP contribution is 2.15. The lowest BCUT2D eigenvalue weighted by atomic mass is 10.1. The van der Waals surface area contributed by atoms with Gasteiger partial charge in [0.25, 0.3) is 0 Å². The van der Waals surface area contributed by atoms with Crippen molar-refractivity contribution in [2.75, 3.05) is 0 Å². The smallest absolute Gasteiger partial charge is 0.308 e. The van der Waals surface area contributed by atoms with Crippen LogP contribution in [0.3, 0.4) is 0 Å². The number of rotatable bonds is 9. The van der Waals surface area contributed by atoms with E-state index in [0.717, 1.165) is 38.5 Å². The standard InChI is InChI=1S/C14H28O2/c1-5-8-11-13(10-7-3)16-14(15)12(4)9-6-2/h12-13H,5-11H2,1-4H3. The normalized spacial score (nSPS) is 14.5. The Morgan fingerprint density at radius 3 is 2.12 bits per heavy atom. The SMILES string of the molecule is CCCCC(CCC)OC(=O)C(C)CCC. The van der Waals surface area contributed by atoms with E-state index in [1.54, 1.807) is 0 Å². The molecule has 0 aliphatic rings. The van der Waals surface area contributed by atoms with Crippen LogP contribution in [0.15, 0.2) is 0 Å². The van der Waals surface area contributed by atoms with Crippen LogP contribution in [0.1, 0.15) is 72.6 Å². The molecule has 0 spiro atoms. The van der Waals surface area contributed by atoms with Crippen molar-refractivity contribution in [1.29, 1.82) is 0 Å². The fraction of sp³-hybridized carbons (Fsp3) is 0.929. The molecule has 0 fully saturated rings. The van der Waals surface area contributed by atoms with Crippen molar-refractivity contribution in [1.82, 2.24) is 0 Å². The van der Waals surface area contributed by atoms with Gasteiger partial charge in [0.1, 0.15) is 6.10 Å². The van der Waals surface area contributed by atoms with Crippen LogP contribution >= 0.6 is 0 Å². The van der Waals surface area contributed by atoms with E-state index in [1.165, 1.54) is 6.42 Å². The molecule has 0 N–H and O–H groups in total. The van der Waals surface area contributed by atoms with Crippen molar-refractivity contribution in [3.05, 3.63) is 0 Å². The van der Waals surface area contributed by atoms with E-state index < -0.39 is 0 Å². The lowest BCUT2D eigenvalue weighted by Crippen LogP contribution is -2.23. The van der Waals surface area contributed by atoms with Crippen molar-refractivity contribution < 1.29 is 9.53 Å². The van der Waals surface area contributed by atoms with Crippen LogP contribution in [0.2, 0.25) is 0 Å². The summed E-state index contributed by atoms with van der Waals surface area (Å²) in [5.41, 5.74) is 0. The molecule has 0 radical (unpaired) electrons. The van der Waals surface area contributed by atoms with Crippen molar-refractivity contribution in [2.24, 2.45) is 5.92 Å². The zero-order valence-corrected chi connectivity index (χ0v) is 11.4. The third-order valence-electron chi connectivity index (χ3n) is 2.90. The first-order valence-electron chi connectivity index (χ1n) is 6.86. The summed E-state index contributed by atoms with van der Waals surface area (Å²) >= 11 is 0. The highest BCUT2D eigenvalue weighted by molar-refractivity contribution is 5.72. The summed E-state index contributed by atoms with van der Waals surface area (Å²) in [4.78, 5) is 11.8. The Bertz CT molecular complexity index is 178. The monoisotopic (exact) mass is 228 g/mol. The molecule has 0 saturated heterocycles. The average Bonchev–Trinajstić information content (AvgIpc) is 2.26.